The molecule has 1 atom stereocenters. The summed E-state index contributed by atoms with van der Waals surface area (Å²) in [6.45, 7) is 5.84. The van der Waals surface area contributed by atoms with Crippen LogP contribution in [0.5, 0.6) is 0 Å². The average Bonchev–Trinajstić information content (AvgIpc) is 2.17. The first-order chi connectivity index (χ1) is 6.90. The largest absolute Gasteiger partial charge is 0.383 e. The molecule has 0 radical (unpaired) electrons. The highest BCUT2D eigenvalue weighted by molar-refractivity contribution is 5.46. The van der Waals surface area contributed by atoms with Gasteiger partial charge in [0, 0.05) is 18.9 Å². The summed E-state index contributed by atoms with van der Waals surface area (Å²) in [5.74, 6) is 0.479. The standard InChI is InChI=1S/C11H19N3O/c1-7-5-6-14-10(13)8(7)9(12)11(2,3)15-4/h5-6,9H,12H2,1-4H3,(H2,13,14). The lowest BCUT2D eigenvalue weighted by Gasteiger charge is -2.31. The first kappa shape index (κ1) is 11.9. The Balaban J connectivity index is 3.16. The number of pyridine rings is 1. The van der Waals surface area contributed by atoms with E-state index in [-0.39, 0.29) is 6.04 Å². The van der Waals surface area contributed by atoms with Gasteiger partial charge in [-0.05, 0) is 32.4 Å². The van der Waals surface area contributed by atoms with Gasteiger partial charge in [0.25, 0.3) is 0 Å². The summed E-state index contributed by atoms with van der Waals surface area (Å²) in [4.78, 5) is 4.05. The number of nitrogens with two attached hydrogens (primary N) is 2. The third-order valence-corrected chi connectivity index (χ3v) is 2.83. The second-order valence-electron chi connectivity index (χ2n) is 4.21. The molecule has 1 rings (SSSR count). The summed E-state index contributed by atoms with van der Waals surface area (Å²) in [6.07, 6.45) is 1.68. The van der Waals surface area contributed by atoms with Crippen LogP contribution in [-0.2, 0) is 4.74 Å². The normalized spacial score (nSPS) is 13.9. The number of hydrogen-bond acceptors (Lipinski definition) is 4. The quantitative estimate of drug-likeness (QED) is 0.789. The van der Waals surface area contributed by atoms with Crippen LogP contribution in [0, 0.1) is 6.92 Å². The predicted octanol–water partition coefficient (Wildman–Crippen LogP) is 1.40. The van der Waals surface area contributed by atoms with E-state index in [2.05, 4.69) is 4.98 Å². The Kier molecular flexibility index (Phi) is 3.31. The van der Waals surface area contributed by atoms with Gasteiger partial charge in [0.15, 0.2) is 0 Å². The Morgan fingerprint density at radius 3 is 2.53 bits per heavy atom. The fourth-order valence-corrected chi connectivity index (χ4v) is 1.47. The molecule has 0 bridgehead atoms. The molecule has 0 aromatic carbocycles. The number of methoxy groups -OCH3 is 1. The monoisotopic (exact) mass is 209 g/mol. The van der Waals surface area contributed by atoms with Gasteiger partial charge in [-0.1, -0.05) is 0 Å². The minimum atomic E-state index is -0.456. The molecule has 1 aromatic rings. The molecular weight excluding hydrogens is 190 g/mol. The molecule has 4 heteroatoms. The van der Waals surface area contributed by atoms with Crippen molar-refractivity contribution >= 4 is 5.82 Å². The van der Waals surface area contributed by atoms with Crippen LogP contribution >= 0.6 is 0 Å². The van der Waals surface area contributed by atoms with Crippen molar-refractivity contribution in [1.82, 2.24) is 4.98 Å². The van der Waals surface area contributed by atoms with Crippen LogP contribution in [0.15, 0.2) is 12.3 Å². The molecular formula is C11H19N3O. The maximum Gasteiger partial charge on any atom is 0.128 e. The molecule has 0 aliphatic rings. The highest BCUT2D eigenvalue weighted by atomic mass is 16.5. The number of rotatable bonds is 3. The van der Waals surface area contributed by atoms with E-state index in [1.807, 2.05) is 26.8 Å². The maximum atomic E-state index is 6.14. The number of nitrogens with zero attached hydrogens (tertiary/aromatic N) is 1. The third kappa shape index (κ3) is 2.27. The Morgan fingerprint density at radius 1 is 1.47 bits per heavy atom. The van der Waals surface area contributed by atoms with Crippen molar-refractivity contribution < 1.29 is 4.74 Å². The minimum Gasteiger partial charge on any atom is -0.383 e. The summed E-state index contributed by atoms with van der Waals surface area (Å²) in [5.41, 5.74) is 13.4. The summed E-state index contributed by atoms with van der Waals surface area (Å²) in [7, 11) is 1.64. The summed E-state index contributed by atoms with van der Waals surface area (Å²) >= 11 is 0. The zero-order valence-corrected chi connectivity index (χ0v) is 9.74. The van der Waals surface area contributed by atoms with Crippen LogP contribution < -0.4 is 11.5 Å². The Bertz CT molecular complexity index is 329. The number of hydrogen-bond donors (Lipinski definition) is 2. The van der Waals surface area contributed by atoms with Crippen molar-refractivity contribution in [2.45, 2.75) is 32.4 Å². The summed E-state index contributed by atoms with van der Waals surface area (Å²) < 4.78 is 5.36. The molecule has 1 aromatic heterocycles. The molecule has 4 nitrogen and oxygen atoms in total. The Morgan fingerprint density at radius 2 is 2.07 bits per heavy atom. The smallest absolute Gasteiger partial charge is 0.128 e. The minimum absolute atomic E-state index is 0.281. The van der Waals surface area contributed by atoms with Gasteiger partial charge in [0.05, 0.1) is 11.6 Å². The average molecular weight is 209 g/mol. The zero-order valence-electron chi connectivity index (χ0n) is 9.74. The van der Waals surface area contributed by atoms with Gasteiger partial charge in [-0.25, -0.2) is 4.98 Å². The van der Waals surface area contributed by atoms with Gasteiger partial charge in [-0.2, -0.15) is 0 Å². The fourth-order valence-electron chi connectivity index (χ4n) is 1.47. The molecule has 4 N–H and O–H groups in total. The lowest BCUT2D eigenvalue weighted by molar-refractivity contribution is -0.0000804. The second kappa shape index (κ2) is 4.16. The fraction of sp³-hybridized carbons (Fsp3) is 0.545. The van der Waals surface area contributed by atoms with E-state index in [9.17, 15) is 0 Å². The molecule has 0 saturated carbocycles. The maximum absolute atomic E-state index is 6.14. The van der Waals surface area contributed by atoms with Crippen molar-refractivity contribution in [3.05, 3.63) is 23.4 Å². The lowest BCUT2D eigenvalue weighted by Crippen LogP contribution is -2.38. The van der Waals surface area contributed by atoms with Gasteiger partial charge >= 0.3 is 0 Å². The molecule has 84 valence electrons. The number of aromatic nitrogens is 1. The molecule has 0 amide bonds. The number of anilines is 1. The van der Waals surface area contributed by atoms with Gasteiger partial charge in [-0.3, -0.25) is 0 Å². The van der Waals surface area contributed by atoms with E-state index in [0.717, 1.165) is 11.1 Å². The molecule has 15 heavy (non-hydrogen) atoms. The van der Waals surface area contributed by atoms with Gasteiger partial charge < -0.3 is 16.2 Å². The van der Waals surface area contributed by atoms with Crippen LogP contribution in [0.2, 0.25) is 0 Å². The lowest BCUT2D eigenvalue weighted by atomic mass is 9.90. The molecule has 0 fully saturated rings. The molecule has 1 unspecified atom stereocenters. The van der Waals surface area contributed by atoms with E-state index >= 15 is 0 Å². The van der Waals surface area contributed by atoms with Crippen LogP contribution in [0.1, 0.15) is 31.0 Å². The van der Waals surface area contributed by atoms with E-state index in [1.165, 1.54) is 0 Å². The summed E-state index contributed by atoms with van der Waals surface area (Å²) in [5, 5.41) is 0. The predicted molar refractivity (Wildman–Crippen MR) is 61.4 cm³/mol. The Hall–Kier alpha value is -1.13. The van der Waals surface area contributed by atoms with Gasteiger partial charge in [-0.15, -0.1) is 0 Å². The van der Waals surface area contributed by atoms with Gasteiger partial charge in [0.1, 0.15) is 5.82 Å². The van der Waals surface area contributed by atoms with Crippen molar-refractivity contribution in [2.24, 2.45) is 5.73 Å². The number of nitrogen functional groups attached to an aromatic ring is 1. The molecule has 1 heterocycles. The number of aryl methyl sites for hydroxylation is 1. The van der Waals surface area contributed by atoms with E-state index in [1.54, 1.807) is 13.3 Å². The van der Waals surface area contributed by atoms with Crippen molar-refractivity contribution in [3.63, 3.8) is 0 Å². The number of ether oxygens (including phenoxy) is 1. The van der Waals surface area contributed by atoms with Crippen LogP contribution in [0.25, 0.3) is 0 Å². The third-order valence-electron chi connectivity index (χ3n) is 2.83. The molecule has 0 spiro atoms. The second-order valence-corrected chi connectivity index (χ2v) is 4.21. The first-order valence-electron chi connectivity index (χ1n) is 4.92. The van der Waals surface area contributed by atoms with E-state index in [0.29, 0.717) is 5.82 Å². The zero-order chi connectivity index (χ0) is 11.6. The van der Waals surface area contributed by atoms with E-state index < -0.39 is 5.60 Å². The van der Waals surface area contributed by atoms with Gasteiger partial charge in [0.2, 0.25) is 0 Å². The van der Waals surface area contributed by atoms with Crippen molar-refractivity contribution in [3.8, 4) is 0 Å². The van der Waals surface area contributed by atoms with Crippen molar-refractivity contribution in [1.29, 1.82) is 0 Å². The van der Waals surface area contributed by atoms with Crippen LogP contribution in [0.4, 0.5) is 5.82 Å². The van der Waals surface area contributed by atoms with Crippen LogP contribution in [-0.4, -0.2) is 17.7 Å². The van der Waals surface area contributed by atoms with E-state index in [4.69, 9.17) is 16.2 Å². The SMILES string of the molecule is COC(C)(C)C(N)c1c(C)ccnc1N. The molecule has 0 aliphatic heterocycles. The Labute approximate surface area is 90.6 Å². The van der Waals surface area contributed by atoms with Crippen molar-refractivity contribution in [2.75, 3.05) is 12.8 Å². The molecule has 0 saturated heterocycles. The summed E-state index contributed by atoms with van der Waals surface area (Å²) in [6, 6.07) is 1.62. The topological polar surface area (TPSA) is 74.2 Å². The molecule has 0 aliphatic carbocycles. The highest BCUT2D eigenvalue weighted by Gasteiger charge is 2.30. The highest BCUT2D eigenvalue weighted by Crippen LogP contribution is 2.30. The van der Waals surface area contributed by atoms with Crippen LogP contribution in [0.3, 0.4) is 0 Å². The first-order valence-corrected chi connectivity index (χ1v) is 4.92.